The molecule has 26 heavy (non-hydrogen) atoms. The van der Waals surface area contributed by atoms with E-state index in [1.807, 2.05) is 0 Å². The summed E-state index contributed by atoms with van der Waals surface area (Å²) in [6, 6.07) is 11.4. The van der Waals surface area contributed by atoms with Gasteiger partial charge < -0.3 is 24.4 Å². The summed E-state index contributed by atoms with van der Waals surface area (Å²) in [6.45, 7) is 0. The molecule has 1 amide bonds. The second-order valence-corrected chi connectivity index (χ2v) is 5.62. The van der Waals surface area contributed by atoms with E-state index in [4.69, 9.17) is 9.15 Å². The third-order valence-corrected chi connectivity index (χ3v) is 3.96. The van der Waals surface area contributed by atoms with Crippen LogP contribution in [-0.4, -0.2) is 23.0 Å². The van der Waals surface area contributed by atoms with Gasteiger partial charge in [0.25, 0.3) is 5.91 Å². The van der Waals surface area contributed by atoms with E-state index in [-0.39, 0.29) is 16.8 Å². The van der Waals surface area contributed by atoms with Crippen molar-refractivity contribution in [2.24, 2.45) is 0 Å². The maximum absolute atomic E-state index is 12.5. The second kappa shape index (κ2) is 5.92. The molecule has 0 fully saturated rings. The topological polar surface area (TPSA) is 117 Å². The van der Waals surface area contributed by atoms with Crippen molar-refractivity contribution in [1.82, 2.24) is 9.97 Å². The van der Waals surface area contributed by atoms with Gasteiger partial charge in [-0.2, -0.15) is 0 Å². The van der Waals surface area contributed by atoms with Crippen molar-refractivity contribution in [3.8, 4) is 5.75 Å². The number of rotatable bonds is 3. The molecule has 0 bridgehead atoms. The molecule has 3 N–H and O–H groups in total. The van der Waals surface area contributed by atoms with Crippen LogP contribution in [0.15, 0.2) is 56.5 Å². The van der Waals surface area contributed by atoms with Gasteiger partial charge in [-0.25, -0.2) is 9.59 Å². The van der Waals surface area contributed by atoms with Gasteiger partial charge in [0.05, 0.1) is 18.1 Å². The molecule has 2 aromatic heterocycles. The molecule has 2 aromatic carbocycles. The normalized spacial score (nSPS) is 11.0. The summed E-state index contributed by atoms with van der Waals surface area (Å²) < 4.78 is 10.4. The van der Waals surface area contributed by atoms with Crippen LogP contribution in [0.5, 0.6) is 5.75 Å². The Labute approximate surface area is 145 Å². The SMILES string of the molecule is COc1cccc2cc(C(=O)Nc3ccc4[nH]c(=O)[nH]c4c3)c(=O)oc12. The Bertz CT molecular complexity index is 1270. The van der Waals surface area contributed by atoms with Gasteiger partial charge in [0.1, 0.15) is 5.56 Å². The van der Waals surface area contributed by atoms with Crippen LogP contribution in [0.2, 0.25) is 0 Å². The van der Waals surface area contributed by atoms with Gasteiger partial charge in [-0.15, -0.1) is 0 Å². The number of fused-ring (bicyclic) bond motifs is 2. The number of imidazole rings is 1. The molecule has 4 aromatic rings. The Balaban J connectivity index is 1.71. The van der Waals surface area contributed by atoms with Crippen LogP contribution in [0.3, 0.4) is 0 Å². The Kier molecular flexibility index (Phi) is 3.58. The number of hydrogen-bond donors (Lipinski definition) is 3. The molecular formula is C18H13N3O5. The number of methoxy groups -OCH3 is 1. The van der Waals surface area contributed by atoms with Gasteiger partial charge in [-0.1, -0.05) is 12.1 Å². The molecule has 0 aliphatic rings. The average Bonchev–Trinajstić information content (AvgIpc) is 2.99. The van der Waals surface area contributed by atoms with Crippen LogP contribution in [0, 0.1) is 0 Å². The van der Waals surface area contributed by atoms with E-state index in [0.29, 0.717) is 27.9 Å². The lowest BCUT2D eigenvalue weighted by Crippen LogP contribution is -2.20. The number of aromatic amines is 2. The van der Waals surface area contributed by atoms with E-state index < -0.39 is 11.5 Å². The molecule has 0 saturated carbocycles. The van der Waals surface area contributed by atoms with Crippen molar-refractivity contribution in [3.05, 3.63) is 68.9 Å². The lowest BCUT2D eigenvalue weighted by atomic mass is 10.1. The first-order valence-corrected chi connectivity index (χ1v) is 7.69. The van der Waals surface area contributed by atoms with Gasteiger partial charge >= 0.3 is 11.3 Å². The van der Waals surface area contributed by atoms with Crippen LogP contribution >= 0.6 is 0 Å². The lowest BCUT2D eigenvalue weighted by molar-refractivity contribution is 0.102. The number of anilines is 1. The van der Waals surface area contributed by atoms with E-state index in [9.17, 15) is 14.4 Å². The van der Waals surface area contributed by atoms with E-state index in [1.54, 1.807) is 36.4 Å². The molecule has 0 atom stereocenters. The van der Waals surface area contributed by atoms with Crippen LogP contribution in [0.25, 0.3) is 22.0 Å². The minimum Gasteiger partial charge on any atom is -0.493 e. The quantitative estimate of drug-likeness (QED) is 0.489. The first-order chi connectivity index (χ1) is 12.5. The van der Waals surface area contributed by atoms with Gasteiger partial charge in [-0.3, -0.25) is 4.79 Å². The molecule has 0 aliphatic heterocycles. The number of benzene rings is 2. The number of nitrogens with one attached hydrogen (secondary N) is 3. The third-order valence-electron chi connectivity index (χ3n) is 3.96. The van der Waals surface area contributed by atoms with Crippen molar-refractivity contribution in [2.45, 2.75) is 0 Å². The molecule has 0 radical (unpaired) electrons. The van der Waals surface area contributed by atoms with Crippen LogP contribution in [0.1, 0.15) is 10.4 Å². The number of H-pyrrole nitrogens is 2. The molecule has 0 aliphatic carbocycles. The lowest BCUT2D eigenvalue weighted by Gasteiger charge is -2.07. The predicted octanol–water partition coefficient (Wildman–Crippen LogP) is 2.22. The molecule has 130 valence electrons. The smallest absolute Gasteiger partial charge is 0.349 e. The van der Waals surface area contributed by atoms with E-state index >= 15 is 0 Å². The second-order valence-electron chi connectivity index (χ2n) is 5.62. The maximum atomic E-state index is 12.5. The number of hydrogen-bond acceptors (Lipinski definition) is 5. The number of carbonyl (C=O) groups is 1. The molecule has 0 spiro atoms. The highest BCUT2D eigenvalue weighted by molar-refractivity contribution is 6.06. The molecule has 8 nitrogen and oxygen atoms in total. The third kappa shape index (κ3) is 2.63. The van der Waals surface area contributed by atoms with Crippen LogP contribution < -0.4 is 21.4 Å². The summed E-state index contributed by atoms with van der Waals surface area (Å²) in [7, 11) is 1.47. The van der Waals surface area contributed by atoms with Crippen molar-refractivity contribution in [2.75, 3.05) is 12.4 Å². The van der Waals surface area contributed by atoms with Gasteiger partial charge in [0.15, 0.2) is 11.3 Å². The van der Waals surface area contributed by atoms with Gasteiger partial charge in [-0.05, 0) is 30.3 Å². The minimum atomic E-state index is -0.768. The highest BCUT2D eigenvalue weighted by Gasteiger charge is 2.16. The van der Waals surface area contributed by atoms with Gasteiger partial charge in [0.2, 0.25) is 0 Å². The van der Waals surface area contributed by atoms with Crippen molar-refractivity contribution in [3.63, 3.8) is 0 Å². The molecule has 0 unspecified atom stereocenters. The number of aromatic nitrogens is 2. The van der Waals surface area contributed by atoms with Crippen LogP contribution in [-0.2, 0) is 0 Å². The molecule has 8 heteroatoms. The summed E-state index contributed by atoms with van der Waals surface area (Å²) in [4.78, 5) is 41.2. The zero-order valence-electron chi connectivity index (χ0n) is 13.6. The first kappa shape index (κ1) is 15.7. The number of ether oxygens (including phenoxy) is 1. The maximum Gasteiger partial charge on any atom is 0.349 e. The number of carbonyl (C=O) groups excluding carboxylic acids is 1. The molecular weight excluding hydrogens is 338 g/mol. The predicted molar refractivity (Wildman–Crippen MR) is 95.9 cm³/mol. The largest absolute Gasteiger partial charge is 0.493 e. The Morgan fingerprint density at radius 1 is 1.08 bits per heavy atom. The zero-order valence-corrected chi connectivity index (χ0v) is 13.6. The Morgan fingerprint density at radius 3 is 2.69 bits per heavy atom. The summed E-state index contributed by atoms with van der Waals surface area (Å²) in [5.74, 6) is -0.200. The summed E-state index contributed by atoms with van der Waals surface area (Å²) in [5, 5.41) is 3.20. The molecule has 0 saturated heterocycles. The molecule has 4 rings (SSSR count). The van der Waals surface area contributed by atoms with Crippen LogP contribution in [0.4, 0.5) is 5.69 Å². The van der Waals surface area contributed by atoms with Crippen molar-refractivity contribution < 1.29 is 13.9 Å². The number of para-hydroxylation sites is 1. The summed E-state index contributed by atoms with van der Waals surface area (Å²) in [5.41, 5.74) is 0.635. The zero-order chi connectivity index (χ0) is 18.3. The number of amides is 1. The summed E-state index contributed by atoms with van der Waals surface area (Å²) in [6.07, 6.45) is 0. The Morgan fingerprint density at radius 2 is 1.88 bits per heavy atom. The van der Waals surface area contributed by atoms with Crippen molar-refractivity contribution in [1.29, 1.82) is 0 Å². The first-order valence-electron chi connectivity index (χ1n) is 7.69. The fourth-order valence-corrected chi connectivity index (χ4v) is 2.75. The van der Waals surface area contributed by atoms with Gasteiger partial charge in [0, 0.05) is 11.1 Å². The van der Waals surface area contributed by atoms with Crippen molar-refractivity contribution >= 4 is 33.6 Å². The summed E-state index contributed by atoms with van der Waals surface area (Å²) >= 11 is 0. The minimum absolute atomic E-state index is 0.131. The Hall–Kier alpha value is -3.81. The van der Waals surface area contributed by atoms with E-state index in [1.165, 1.54) is 13.2 Å². The highest BCUT2D eigenvalue weighted by Crippen LogP contribution is 2.24. The average molecular weight is 351 g/mol. The van der Waals surface area contributed by atoms with E-state index in [0.717, 1.165) is 0 Å². The van der Waals surface area contributed by atoms with E-state index in [2.05, 4.69) is 15.3 Å². The fraction of sp³-hybridized carbons (Fsp3) is 0.0556. The molecule has 2 heterocycles. The standard InChI is InChI=1S/C18H13N3O5/c1-25-14-4-2-3-9-7-11(17(23)26-15(9)14)16(22)19-10-5-6-12-13(8-10)21-18(24)20-12/h2-8H,1H3,(H,19,22)(H2,20,21,24). The monoisotopic (exact) mass is 351 g/mol. The highest BCUT2D eigenvalue weighted by atomic mass is 16.5. The fourth-order valence-electron chi connectivity index (χ4n) is 2.75.